The highest BCUT2D eigenvalue weighted by Crippen LogP contribution is 2.31. The van der Waals surface area contributed by atoms with Crippen LogP contribution >= 0.6 is 31.9 Å². The minimum Gasteiger partial charge on any atom is -0.365 e. The average Bonchev–Trinajstić information content (AvgIpc) is 2.45. The molecule has 0 aliphatic rings. The summed E-state index contributed by atoms with van der Waals surface area (Å²) in [7, 11) is 0. The standard InChI is InChI=1S/C16H15Br2FO/c1-16(11-17,14-7-2-3-8-15(14)19)20-10-12-5-4-6-13(18)9-12/h2-9H,10-11H2,1H3. The van der Waals surface area contributed by atoms with E-state index in [1.54, 1.807) is 12.1 Å². The fourth-order valence-corrected chi connectivity index (χ4v) is 2.86. The predicted octanol–water partition coefficient (Wildman–Crippen LogP) is 5.42. The van der Waals surface area contributed by atoms with Gasteiger partial charge in [-0.15, -0.1) is 0 Å². The molecule has 0 bridgehead atoms. The van der Waals surface area contributed by atoms with E-state index in [9.17, 15) is 4.39 Å². The molecule has 2 aromatic rings. The van der Waals surface area contributed by atoms with Crippen LogP contribution in [0.25, 0.3) is 0 Å². The van der Waals surface area contributed by atoms with Crippen LogP contribution in [0.4, 0.5) is 4.39 Å². The molecule has 0 radical (unpaired) electrons. The van der Waals surface area contributed by atoms with Crippen LogP contribution in [0.1, 0.15) is 18.1 Å². The first-order chi connectivity index (χ1) is 9.55. The molecule has 2 aromatic carbocycles. The van der Waals surface area contributed by atoms with Gasteiger partial charge in [0.05, 0.1) is 6.61 Å². The molecule has 106 valence electrons. The van der Waals surface area contributed by atoms with Crippen LogP contribution in [0, 0.1) is 5.82 Å². The lowest BCUT2D eigenvalue weighted by atomic mass is 9.97. The van der Waals surface area contributed by atoms with E-state index in [1.807, 2.05) is 37.3 Å². The second-order valence-electron chi connectivity index (χ2n) is 4.76. The van der Waals surface area contributed by atoms with E-state index in [2.05, 4.69) is 31.9 Å². The Kier molecular flexibility index (Phi) is 5.35. The molecule has 0 aliphatic carbocycles. The summed E-state index contributed by atoms with van der Waals surface area (Å²) >= 11 is 6.86. The van der Waals surface area contributed by atoms with E-state index in [0.717, 1.165) is 10.0 Å². The third kappa shape index (κ3) is 3.68. The van der Waals surface area contributed by atoms with Crippen molar-refractivity contribution in [3.05, 3.63) is 69.9 Å². The van der Waals surface area contributed by atoms with Crippen molar-refractivity contribution < 1.29 is 9.13 Å². The Labute approximate surface area is 135 Å². The van der Waals surface area contributed by atoms with Gasteiger partial charge in [0.1, 0.15) is 11.4 Å². The topological polar surface area (TPSA) is 9.23 Å². The summed E-state index contributed by atoms with van der Waals surface area (Å²) in [6, 6.07) is 14.6. The maximum atomic E-state index is 14.0. The average molecular weight is 402 g/mol. The normalized spacial score (nSPS) is 14.0. The number of hydrogen-bond donors (Lipinski definition) is 0. The van der Waals surface area contributed by atoms with Crippen molar-refractivity contribution in [2.24, 2.45) is 0 Å². The highest BCUT2D eigenvalue weighted by Gasteiger charge is 2.29. The van der Waals surface area contributed by atoms with Crippen LogP contribution in [0.15, 0.2) is 53.0 Å². The maximum Gasteiger partial charge on any atom is 0.129 e. The second-order valence-corrected chi connectivity index (χ2v) is 6.24. The molecule has 1 nitrogen and oxygen atoms in total. The van der Waals surface area contributed by atoms with Crippen LogP contribution in [-0.2, 0) is 16.9 Å². The number of alkyl halides is 1. The number of ether oxygens (including phenoxy) is 1. The van der Waals surface area contributed by atoms with E-state index in [-0.39, 0.29) is 5.82 Å². The Morgan fingerprint density at radius 1 is 1.15 bits per heavy atom. The first-order valence-corrected chi connectivity index (χ1v) is 8.16. The second kappa shape index (κ2) is 6.83. The lowest BCUT2D eigenvalue weighted by Gasteiger charge is -2.29. The third-order valence-corrected chi connectivity index (χ3v) is 4.71. The molecule has 0 aliphatic heterocycles. The molecule has 20 heavy (non-hydrogen) atoms. The van der Waals surface area contributed by atoms with Gasteiger partial charge in [0.25, 0.3) is 0 Å². The van der Waals surface area contributed by atoms with Crippen molar-refractivity contribution in [2.45, 2.75) is 19.1 Å². The van der Waals surface area contributed by atoms with Gasteiger partial charge in [-0.2, -0.15) is 0 Å². The van der Waals surface area contributed by atoms with Gasteiger partial charge < -0.3 is 4.74 Å². The minimum atomic E-state index is -0.701. The predicted molar refractivity (Wildman–Crippen MR) is 86.5 cm³/mol. The molecule has 4 heteroatoms. The van der Waals surface area contributed by atoms with Gasteiger partial charge >= 0.3 is 0 Å². The summed E-state index contributed by atoms with van der Waals surface area (Å²) in [6.07, 6.45) is 0. The minimum absolute atomic E-state index is 0.247. The number of hydrogen-bond acceptors (Lipinski definition) is 1. The Morgan fingerprint density at radius 2 is 1.90 bits per heavy atom. The molecule has 0 saturated carbocycles. The smallest absolute Gasteiger partial charge is 0.129 e. The van der Waals surface area contributed by atoms with E-state index in [1.165, 1.54) is 6.07 Å². The third-order valence-electron chi connectivity index (χ3n) is 3.15. The number of rotatable bonds is 5. The largest absolute Gasteiger partial charge is 0.365 e. The fraction of sp³-hybridized carbons (Fsp3) is 0.250. The molecule has 0 heterocycles. The van der Waals surface area contributed by atoms with Crippen LogP contribution in [0.5, 0.6) is 0 Å². The lowest BCUT2D eigenvalue weighted by Crippen LogP contribution is -2.29. The highest BCUT2D eigenvalue weighted by molar-refractivity contribution is 9.10. The summed E-state index contributed by atoms with van der Waals surface area (Å²) in [5.41, 5.74) is 0.906. The van der Waals surface area contributed by atoms with Crippen molar-refractivity contribution >= 4 is 31.9 Å². The van der Waals surface area contributed by atoms with E-state index >= 15 is 0 Å². The van der Waals surface area contributed by atoms with Gasteiger partial charge in [0.15, 0.2) is 0 Å². The molecule has 0 N–H and O–H groups in total. The van der Waals surface area contributed by atoms with Gasteiger partial charge in [-0.3, -0.25) is 0 Å². The van der Waals surface area contributed by atoms with Gasteiger partial charge in [-0.05, 0) is 30.7 Å². The SMILES string of the molecule is CC(CBr)(OCc1cccc(Br)c1)c1ccccc1F. The molecule has 0 saturated heterocycles. The molecule has 1 unspecified atom stereocenters. The molecular formula is C16H15Br2FO. The Balaban J connectivity index is 2.18. The van der Waals surface area contributed by atoms with Crippen molar-refractivity contribution in [1.82, 2.24) is 0 Å². The zero-order chi connectivity index (χ0) is 14.6. The summed E-state index contributed by atoms with van der Waals surface area (Å²) < 4.78 is 20.9. The highest BCUT2D eigenvalue weighted by atomic mass is 79.9. The van der Waals surface area contributed by atoms with Gasteiger partial charge in [0.2, 0.25) is 0 Å². The van der Waals surface area contributed by atoms with Crippen LogP contribution in [0.3, 0.4) is 0 Å². The van der Waals surface area contributed by atoms with E-state index < -0.39 is 5.60 Å². The number of benzene rings is 2. The van der Waals surface area contributed by atoms with Gasteiger partial charge in [-0.25, -0.2) is 4.39 Å². The van der Waals surface area contributed by atoms with E-state index in [4.69, 9.17) is 4.74 Å². The Morgan fingerprint density at radius 3 is 2.55 bits per heavy atom. The van der Waals surface area contributed by atoms with Crippen molar-refractivity contribution in [3.8, 4) is 0 Å². The van der Waals surface area contributed by atoms with E-state index in [0.29, 0.717) is 17.5 Å². The van der Waals surface area contributed by atoms with Crippen molar-refractivity contribution in [2.75, 3.05) is 5.33 Å². The maximum absolute atomic E-state index is 14.0. The quantitative estimate of drug-likeness (QED) is 0.608. The number of halogens is 3. The van der Waals surface area contributed by atoms with Crippen molar-refractivity contribution in [3.63, 3.8) is 0 Å². The molecule has 0 aromatic heterocycles. The molecule has 0 fully saturated rings. The van der Waals surface area contributed by atoms with Gasteiger partial charge in [-0.1, -0.05) is 62.2 Å². The zero-order valence-corrected chi connectivity index (χ0v) is 14.2. The van der Waals surface area contributed by atoms with Crippen LogP contribution in [-0.4, -0.2) is 5.33 Å². The summed E-state index contributed by atoms with van der Waals surface area (Å²) in [5.74, 6) is -0.247. The molecule has 2 rings (SSSR count). The molecular weight excluding hydrogens is 387 g/mol. The van der Waals surface area contributed by atoms with Gasteiger partial charge in [0, 0.05) is 15.4 Å². The Bertz CT molecular complexity index is 588. The molecule has 0 amide bonds. The first-order valence-electron chi connectivity index (χ1n) is 6.24. The molecule has 1 atom stereocenters. The van der Waals surface area contributed by atoms with Crippen molar-refractivity contribution in [1.29, 1.82) is 0 Å². The summed E-state index contributed by atoms with van der Waals surface area (Å²) in [6.45, 7) is 2.31. The lowest BCUT2D eigenvalue weighted by molar-refractivity contribution is -0.0312. The Hall–Kier alpha value is -0.710. The summed E-state index contributed by atoms with van der Waals surface area (Å²) in [4.78, 5) is 0. The molecule has 0 spiro atoms. The van der Waals surface area contributed by atoms with Crippen LogP contribution in [0.2, 0.25) is 0 Å². The zero-order valence-electron chi connectivity index (χ0n) is 11.1. The van der Waals surface area contributed by atoms with Crippen LogP contribution < -0.4 is 0 Å². The summed E-state index contributed by atoms with van der Waals surface area (Å²) in [5, 5.41) is 0.523. The monoisotopic (exact) mass is 400 g/mol. The fourth-order valence-electron chi connectivity index (χ4n) is 1.95. The first kappa shape index (κ1) is 15.7.